The third-order valence-electron chi connectivity index (χ3n) is 2.84. The second-order valence-corrected chi connectivity index (χ2v) is 4.45. The number of hydrogen-bond donors (Lipinski definition) is 1. The highest BCUT2D eigenvalue weighted by Crippen LogP contribution is 2.20. The molecule has 0 unspecified atom stereocenters. The van der Waals surface area contributed by atoms with Gasteiger partial charge in [-0.15, -0.1) is 0 Å². The van der Waals surface area contributed by atoms with E-state index >= 15 is 0 Å². The summed E-state index contributed by atoms with van der Waals surface area (Å²) in [6, 6.07) is 10.7. The fourth-order valence-electron chi connectivity index (χ4n) is 1.83. The summed E-state index contributed by atoms with van der Waals surface area (Å²) in [6.07, 6.45) is 0.849. The van der Waals surface area contributed by atoms with Gasteiger partial charge in [0.1, 0.15) is 0 Å². The van der Waals surface area contributed by atoms with E-state index in [0.29, 0.717) is 12.5 Å². The van der Waals surface area contributed by atoms with Crippen LogP contribution in [0, 0.1) is 0 Å². The zero-order valence-corrected chi connectivity index (χ0v) is 9.90. The molecule has 16 heavy (non-hydrogen) atoms. The number of pyridine rings is 1. The Morgan fingerprint density at radius 1 is 1.19 bits per heavy atom. The van der Waals surface area contributed by atoms with Crippen LogP contribution >= 0.6 is 0 Å². The molecule has 0 radical (unpaired) electrons. The Bertz CT molecular complexity index is 489. The number of nitrogens with two attached hydrogens (primary N) is 1. The average Bonchev–Trinajstić information content (AvgIpc) is 2.28. The lowest BCUT2D eigenvalue weighted by Gasteiger charge is -2.07. The van der Waals surface area contributed by atoms with Crippen molar-refractivity contribution in [3.63, 3.8) is 0 Å². The summed E-state index contributed by atoms with van der Waals surface area (Å²) in [5.74, 6) is 0.563. The van der Waals surface area contributed by atoms with Crippen molar-refractivity contribution in [1.82, 2.24) is 4.98 Å². The van der Waals surface area contributed by atoms with Crippen LogP contribution in [0.2, 0.25) is 0 Å². The van der Waals surface area contributed by atoms with Gasteiger partial charge in [0, 0.05) is 17.5 Å². The molecule has 2 N–H and O–H groups in total. The molecule has 2 rings (SSSR count). The first kappa shape index (κ1) is 11.1. The monoisotopic (exact) mass is 214 g/mol. The molecule has 2 nitrogen and oxygen atoms in total. The topological polar surface area (TPSA) is 38.9 Å². The lowest BCUT2D eigenvalue weighted by atomic mass is 10.0. The number of rotatable bonds is 3. The standard InChI is InChI=1S/C14H18N2/c1-10(2)11-4-6-14-12(9-11)3-5-13(16-14)7-8-15/h3-6,9-10H,7-8,15H2,1-2H3. The average molecular weight is 214 g/mol. The maximum absolute atomic E-state index is 5.53. The molecule has 0 aliphatic carbocycles. The molecule has 1 heterocycles. The maximum Gasteiger partial charge on any atom is 0.0705 e. The van der Waals surface area contributed by atoms with Gasteiger partial charge in [-0.2, -0.15) is 0 Å². The molecule has 84 valence electrons. The van der Waals surface area contributed by atoms with E-state index in [0.717, 1.165) is 17.6 Å². The van der Waals surface area contributed by atoms with E-state index in [2.05, 4.69) is 49.2 Å². The summed E-state index contributed by atoms with van der Waals surface area (Å²) in [5.41, 5.74) is 9.03. The molecule has 0 amide bonds. The van der Waals surface area contributed by atoms with Crippen molar-refractivity contribution >= 4 is 10.9 Å². The van der Waals surface area contributed by atoms with Crippen molar-refractivity contribution < 1.29 is 0 Å². The van der Waals surface area contributed by atoms with E-state index < -0.39 is 0 Å². The molecule has 2 heteroatoms. The smallest absolute Gasteiger partial charge is 0.0705 e. The van der Waals surface area contributed by atoms with Crippen LogP contribution in [0.15, 0.2) is 30.3 Å². The zero-order valence-electron chi connectivity index (χ0n) is 9.90. The molecule has 0 saturated carbocycles. The van der Waals surface area contributed by atoms with Gasteiger partial charge in [0.15, 0.2) is 0 Å². The van der Waals surface area contributed by atoms with Crippen LogP contribution in [0.3, 0.4) is 0 Å². The molecule has 0 saturated heterocycles. The van der Waals surface area contributed by atoms with Gasteiger partial charge in [-0.3, -0.25) is 4.98 Å². The van der Waals surface area contributed by atoms with Crippen molar-refractivity contribution in [2.24, 2.45) is 5.73 Å². The zero-order chi connectivity index (χ0) is 11.5. The van der Waals surface area contributed by atoms with Crippen molar-refractivity contribution in [1.29, 1.82) is 0 Å². The number of nitrogens with zero attached hydrogens (tertiary/aromatic N) is 1. The van der Waals surface area contributed by atoms with Gasteiger partial charge in [-0.25, -0.2) is 0 Å². The van der Waals surface area contributed by atoms with E-state index in [9.17, 15) is 0 Å². The maximum atomic E-state index is 5.53. The van der Waals surface area contributed by atoms with E-state index in [1.807, 2.05) is 0 Å². The predicted octanol–water partition coefficient (Wildman–Crippen LogP) is 2.86. The Labute approximate surface area is 96.5 Å². The van der Waals surface area contributed by atoms with Gasteiger partial charge in [0.05, 0.1) is 5.52 Å². The molecule has 0 bridgehead atoms. The molecule has 0 fully saturated rings. The first-order valence-corrected chi connectivity index (χ1v) is 5.80. The van der Waals surface area contributed by atoms with Crippen molar-refractivity contribution in [2.45, 2.75) is 26.2 Å². The van der Waals surface area contributed by atoms with Crippen LogP contribution in [-0.2, 0) is 6.42 Å². The minimum atomic E-state index is 0.563. The Morgan fingerprint density at radius 2 is 2.00 bits per heavy atom. The molecule has 0 spiro atoms. The Morgan fingerprint density at radius 3 is 2.69 bits per heavy atom. The molecule has 0 aliphatic heterocycles. The van der Waals surface area contributed by atoms with Crippen LogP contribution < -0.4 is 5.73 Å². The Balaban J connectivity index is 2.44. The molecule has 0 aliphatic rings. The molecular weight excluding hydrogens is 196 g/mol. The highest BCUT2D eigenvalue weighted by molar-refractivity contribution is 5.79. The first-order valence-electron chi connectivity index (χ1n) is 5.80. The Hall–Kier alpha value is -1.41. The van der Waals surface area contributed by atoms with Gasteiger partial charge in [-0.05, 0) is 36.2 Å². The van der Waals surface area contributed by atoms with Gasteiger partial charge in [-0.1, -0.05) is 26.0 Å². The molecule has 1 aromatic heterocycles. The lowest BCUT2D eigenvalue weighted by Crippen LogP contribution is -2.04. The SMILES string of the molecule is CC(C)c1ccc2nc(CCN)ccc2c1. The molecule has 2 aromatic rings. The van der Waals surface area contributed by atoms with Gasteiger partial charge >= 0.3 is 0 Å². The first-order chi connectivity index (χ1) is 7.70. The number of hydrogen-bond acceptors (Lipinski definition) is 2. The van der Waals surface area contributed by atoms with Gasteiger partial charge in [0.25, 0.3) is 0 Å². The van der Waals surface area contributed by atoms with Crippen LogP contribution in [-0.4, -0.2) is 11.5 Å². The third-order valence-corrected chi connectivity index (χ3v) is 2.84. The highest BCUT2D eigenvalue weighted by atomic mass is 14.7. The minimum Gasteiger partial charge on any atom is -0.330 e. The van der Waals surface area contributed by atoms with Crippen LogP contribution in [0.4, 0.5) is 0 Å². The molecule has 1 aromatic carbocycles. The van der Waals surface area contributed by atoms with Gasteiger partial charge < -0.3 is 5.73 Å². The normalized spacial score (nSPS) is 11.2. The van der Waals surface area contributed by atoms with Crippen molar-refractivity contribution in [3.05, 3.63) is 41.6 Å². The van der Waals surface area contributed by atoms with Crippen LogP contribution in [0.1, 0.15) is 31.0 Å². The summed E-state index contributed by atoms with van der Waals surface area (Å²) in [7, 11) is 0. The van der Waals surface area contributed by atoms with Crippen LogP contribution in [0.5, 0.6) is 0 Å². The van der Waals surface area contributed by atoms with Crippen LogP contribution in [0.25, 0.3) is 10.9 Å². The molecular formula is C14H18N2. The lowest BCUT2D eigenvalue weighted by molar-refractivity contribution is 0.868. The van der Waals surface area contributed by atoms with Crippen molar-refractivity contribution in [3.8, 4) is 0 Å². The molecule has 0 atom stereocenters. The van der Waals surface area contributed by atoms with Crippen molar-refractivity contribution in [2.75, 3.05) is 6.54 Å². The summed E-state index contributed by atoms with van der Waals surface area (Å²) < 4.78 is 0. The summed E-state index contributed by atoms with van der Waals surface area (Å²) in [6.45, 7) is 5.07. The number of benzene rings is 1. The second-order valence-electron chi connectivity index (χ2n) is 4.45. The Kier molecular flexibility index (Phi) is 3.20. The van der Waals surface area contributed by atoms with E-state index in [-0.39, 0.29) is 0 Å². The number of fused-ring (bicyclic) bond motifs is 1. The minimum absolute atomic E-state index is 0.563. The van der Waals surface area contributed by atoms with E-state index in [1.54, 1.807) is 0 Å². The fourth-order valence-corrected chi connectivity index (χ4v) is 1.83. The summed E-state index contributed by atoms with van der Waals surface area (Å²) >= 11 is 0. The summed E-state index contributed by atoms with van der Waals surface area (Å²) in [5, 5.41) is 1.21. The highest BCUT2D eigenvalue weighted by Gasteiger charge is 2.02. The quantitative estimate of drug-likeness (QED) is 0.853. The van der Waals surface area contributed by atoms with E-state index in [1.165, 1.54) is 10.9 Å². The van der Waals surface area contributed by atoms with Gasteiger partial charge in [0.2, 0.25) is 0 Å². The second kappa shape index (κ2) is 4.62. The third kappa shape index (κ3) is 2.22. The number of aromatic nitrogens is 1. The largest absolute Gasteiger partial charge is 0.330 e. The summed E-state index contributed by atoms with van der Waals surface area (Å²) in [4.78, 5) is 4.59. The predicted molar refractivity (Wildman–Crippen MR) is 68.6 cm³/mol. The fraction of sp³-hybridized carbons (Fsp3) is 0.357. The van der Waals surface area contributed by atoms with E-state index in [4.69, 9.17) is 5.73 Å².